The third-order valence-corrected chi connectivity index (χ3v) is 6.13. The van der Waals surface area contributed by atoms with Crippen molar-refractivity contribution in [1.82, 2.24) is 0 Å². The molecule has 2 heterocycles. The molecule has 1 saturated heterocycles. The number of benzene rings is 2. The number of amides is 2. The number of para-hydroxylation sites is 1. The predicted molar refractivity (Wildman–Crippen MR) is 121 cm³/mol. The van der Waals surface area contributed by atoms with E-state index in [1.54, 1.807) is 18.2 Å². The Labute approximate surface area is 188 Å². The maximum Gasteiger partial charge on any atom is 0.339 e. The van der Waals surface area contributed by atoms with Gasteiger partial charge in [0, 0.05) is 6.61 Å². The average Bonchev–Trinajstić information content (AvgIpc) is 3.38. The van der Waals surface area contributed by atoms with Crippen LogP contribution in [0, 0.1) is 0 Å². The molecular formula is C26H29NO5. The molecule has 0 radical (unpaired) electrons. The van der Waals surface area contributed by atoms with Crippen LogP contribution in [-0.4, -0.2) is 37.1 Å². The van der Waals surface area contributed by atoms with Crippen LogP contribution in [0.25, 0.3) is 0 Å². The topological polar surface area (TPSA) is 72.9 Å². The molecule has 0 spiro atoms. The van der Waals surface area contributed by atoms with Crippen molar-refractivity contribution >= 4 is 23.5 Å². The van der Waals surface area contributed by atoms with Crippen molar-refractivity contribution in [3.05, 3.63) is 64.2 Å². The van der Waals surface area contributed by atoms with E-state index in [0.29, 0.717) is 12.3 Å². The highest BCUT2D eigenvalue weighted by atomic mass is 16.6. The van der Waals surface area contributed by atoms with Gasteiger partial charge in [0.05, 0.1) is 28.5 Å². The minimum Gasteiger partial charge on any atom is -0.459 e. The average molecular weight is 436 g/mol. The van der Waals surface area contributed by atoms with Gasteiger partial charge in [-0.1, -0.05) is 52.0 Å². The summed E-state index contributed by atoms with van der Waals surface area (Å²) in [6.45, 7) is 8.95. The second-order valence-corrected chi connectivity index (χ2v) is 9.00. The molecule has 4 rings (SSSR count). The number of ether oxygens (including phenoxy) is 2. The minimum absolute atomic E-state index is 0.114. The van der Waals surface area contributed by atoms with Gasteiger partial charge in [0.2, 0.25) is 0 Å². The van der Waals surface area contributed by atoms with Crippen molar-refractivity contribution in [3.63, 3.8) is 0 Å². The third kappa shape index (κ3) is 3.84. The van der Waals surface area contributed by atoms with Crippen LogP contribution in [0.3, 0.4) is 0 Å². The largest absolute Gasteiger partial charge is 0.459 e. The number of nitrogens with zero attached hydrogens (tertiary/aromatic N) is 1. The van der Waals surface area contributed by atoms with E-state index in [9.17, 15) is 14.4 Å². The zero-order valence-corrected chi connectivity index (χ0v) is 19.0. The van der Waals surface area contributed by atoms with Crippen LogP contribution in [0.15, 0.2) is 36.4 Å². The zero-order valence-electron chi connectivity index (χ0n) is 19.0. The molecule has 0 bridgehead atoms. The van der Waals surface area contributed by atoms with Crippen molar-refractivity contribution in [3.8, 4) is 0 Å². The Balaban J connectivity index is 1.73. The molecule has 2 aliphatic rings. The SMILES string of the molecule is CC(C)c1cccc(C(C)C)c1N1C(=O)c2cccc(C(=O)OCC3CCCO3)c2C1=O. The fourth-order valence-corrected chi connectivity index (χ4v) is 4.45. The Morgan fingerprint density at radius 2 is 1.69 bits per heavy atom. The number of imide groups is 1. The number of rotatable bonds is 6. The first-order valence-corrected chi connectivity index (χ1v) is 11.2. The molecule has 1 atom stereocenters. The lowest BCUT2D eigenvalue weighted by Crippen LogP contribution is -2.32. The van der Waals surface area contributed by atoms with Crippen LogP contribution >= 0.6 is 0 Å². The van der Waals surface area contributed by atoms with Crippen molar-refractivity contribution in [2.75, 3.05) is 18.1 Å². The fourth-order valence-electron chi connectivity index (χ4n) is 4.45. The van der Waals surface area contributed by atoms with Gasteiger partial charge in [0.25, 0.3) is 11.8 Å². The Kier molecular flexibility index (Phi) is 6.15. The van der Waals surface area contributed by atoms with Crippen molar-refractivity contribution < 1.29 is 23.9 Å². The van der Waals surface area contributed by atoms with Gasteiger partial charge in [-0.25, -0.2) is 9.69 Å². The van der Waals surface area contributed by atoms with Crippen LogP contribution in [-0.2, 0) is 9.47 Å². The minimum atomic E-state index is -0.610. The number of fused-ring (bicyclic) bond motifs is 1. The molecule has 0 aromatic heterocycles. The molecule has 6 nitrogen and oxygen atoms in total. The summed E-state index contributed by atoms with van der Waals surface area (Å²) in [6, 6.07) is 10.6. The van der Waals surface area contributed by atoms with Gasteiger partial charge in [-0.3, -0.25) is 9.59 Å². The van der Waals surface area contributed by atoms with E-state index in [-0.39, 0.29) is 41.2 Å². The lowest BCUT2D eigenvalue weighted by Gasteiger charge is -2.25. The van der Waals surface area contributed by atoms with E-state index in [2.05, 4.69) is 0 Å². The highest BCUT2D eigenvalue weighted by Crippen LogP contribution is 2.40. The summed E-state index contributed by atoms with van der Waals surface area (Å²) in [6.07, 6.45) is 1.67. The molecule has 0 aliphatic carbocycles. The van der Waals surface area contributed by atoms with E-state index in [1.807, 2.05) is 45.9 Å². The maximum absolute atomic E-state index is 13.6. The van der Waals surface area contributed by atoms with Crippen LogP contribution in [0.2, 0.25) is 0 Å². The number of esters is 1. The van der Waals surface area contributed by atoms with Gasteiger partial charge < -0.3 is 9.47 Å². The first-order valence-electron chi connectivity index (χ1n) is 11.2. The molecule has 0 N–H and O–H groups in total. The summed E-state index contributed by atoms with van der Waals surface area (Å²) in [5.41, 5.74) is 2.94. The summed E-state index contributed by atoms with van der Waals surface area (Å²) in [7, 11) is 0. The molecule has 0 saturated carbocycles. The third-order valence-electron chi connectivity index (χ3n) is 6.13. The van der Waals surface area contributed by atoms with Crippen LogP contribution in [0.1, 0.15) is 94.6 Å². The molecule has 2 aromatic carbocycles. The highest BCUT2D eigenvalue weighted by molar-refractivity contribution is 6.36. The molecule has 2 aromatic rings. The number of carbonyl (C=O) groups is 3. The summed E-state index contributed by atoms with van der Waals surface area (Å²) in [5.74, 6) is -1.27. The summed E-state index contributed by atoms with van der Waals surface area (Å²) < 4.78 is 10.9. The first kappa shape index (κ1) is 22.2. The van der Waals surface area contributed by atoms with E-state index in [0.717, 1.165) is 24.0 Å². The molecular weight excluding hydrogens is 406 g/mol. The quantitative estimate of drug-likeness (QED) is 0.468. The van der Waals surface area contributed by atoms with Gasteiger partial charge in [-0.2, -0.15) is 0 Å². The maximum atomic E-state index is 13.6. The van der Waals surface area contributed by atoms with Crippen LogP contribution < -0.4 is 4.90 Å². The normalized spacial score (nSPS) is 18.1. The number of hydrogen-bond donors (Lipinski definition) is 0. The smallest absolute Gasteiger partial charge is 0.339 e. The van der Waals surface area contributed by atoms with E-state index < -0.39 is 17.8 Å². The van der Waals surface area contributed by atoms with E-state index >= 15 is 0 Å². The van der Waals surface area contributed by atoms with Gasteiger partial charge in [-0.05, 0) is 47.9 Å². The summed E-state index contributed by atoms with van der Waals surface area (Å²) in [4.78, 5) is 41.1. The fraction of sp³-hybridized carbons (Fsp3) is 0.423. The molecule has 6 heteroatoms. The van der Waals surface area contributed by atoms with Gasteiger partial charge >= 0.3 is 5.97 Å². The zero-order chi connectivity index (χ0) is 23.0. The first-order chi connectivity index (χ1) is 15.3. The second kappa shape index (κ2) is 8.87. The molecule has 1 unspecified atom stereocenters. The van der Waals surface area contributed by atoms with Gasteiger partial charge in [-0.15, -0.1) is 0 Å². The molecule has 168 valence electrons. The van der Waals surface area contributed by atoms with E-state index in [1.165, 1.54) is 4.90 Å². The van der Waals surface area contributed by atoms with Gasteiger partial charge in [0.15, 0.2) is 0 Å². The number of hydrogen-bond acceptors (Lipinski definition) is 5. The highest BCUT2D eigenvalue weighted by Gasteiger charge is 2.42. The second-order valence-electron chi connectivity index (χ2n) is 9.00. The van der Waals surface area contributed by atoms with Gasteiger partial charge in [0.1, 0.15) is 6.61 Å². The molecule has 2 amide bonds. The predicted octanol–water partition coefficient (Wildman–Crippen LogP) is 5.07. The van der Waals surface area contributed by atoms with Crippen LogP contribution in [0.4, 0.5) is 5.69 Å². The Bertz CT molecular complexity index is 1040. The monoisotopic (exact) mass is 435 g/mol. The number of anilines is 1. The Morgan fingerprint density at radius 1 is 1.03 bits per heavy atom. The van der Waals surface area contributed by atoms with Crippen molar-refractivity contribution in [2.24, 2.45) is 0 Å². The molecule has 32 heavy (non-hydrogen) atoms. The Morgan fingerprint density at radius 3 is 2.28 bits per heavy atom. The van der Waals surface area contributed by atoms with Crippen molar-refractivity contribution in [2.45, 2.75) is 58.5 Å². The molecule has 1 fully saturated rings. The number of carbonyl (C=O) groups excluding carboxylic acids is 3. The molecule has 2 aliphatic heterocycles. The lowest BCUT2D eigenvalue weighted by atomic mass is 9.92. The summed E-state index contributed by atoms with van der Waals surface area (Å²) >= 11 is 0. The van der Waals surface area contributed by atoms with E-state index in [4.69, 9.17) is 9.47 Å². The lowest BCUT2D eigenvalue weighted by molar-refractivity contribution is 0.0160. The van der Waals surface area contributed by atoms with Crippen molar-refractivity contribution in [1.29, 1.82) is 0 Å². The summed E-state index contributed by atoms with van der Waals surface area (Å²) in [5, 5.41) is 0. The van der Waals surface area contributed by atoms with Crippen LogP contribution in [0.5, 0.6) is 0 Å². The standard InChI is InChI=1S/C26H29NO5/c1-15(2)18-9-5-10-19(16(3)4)23(18)27-24(28)20-11-6-12-21(22(20)25(27)29)26(30)32-14-17-8-7-13-31-17/h5-6,9-12,15-17H,7-8,13-14H2,1-4H3. The Hall–Kier alpha value is -2.99.